The second kappa shape index (κ2) is 9.67. The number of hydrogen-bond donors (Lipinski definition) is 1. The number of anilines is 1. The first-order valence-electron chi connectivity index (χ1n) is 11.7. The third-order valence-corrected chi connectivity index (χ3v) is 6.05. The average Bonchev–Trinajstić information content (AvgIpc) is 3.14. The van der Waals surface area contributed by atoms with Crippen molar-refractivity contribution < 1.29 is 19.4 Å². The Morgan fingerprint density at radius 3 is 2.42 bits per heavy atom. The fraction of sp³-hybridized carbons (Fsp3) is 0.241. The van der Waals surface area contributed by atoms with Crippen LogP contribution >= 0.6 is 0 Å². The number of aliphatic hydroxyl groups is 1. The van der Waals surface area contributed by atoms with E-state index in [9.17, 15) is 14.7 Å². The molecule has 4 rings (SSSR count). The molecular weight excluding hydrogens is 454 g/mol. The van der Waals surface area contributed by atoms with Gasteiger partial charge in [0.1, 0.15) is 17.6 Å². The molecule has 2 aromatic carbocycles. The lowest BCUT2D eigenvalue weighted by molar-refractivity contribution is -0.132. The lowest BCUT2D eigenvalue weighted by Crippen LogP contribution is -2.29. The van der Waals surface area contributed by atoms with E-state index in [0.29, 0.717) is 34.9 Å². The van der Waals surface area contributed by atoms with Gasteiger partial charge in [-0.25, -0.2) is 0 Å². The number of Topliss-reactive ketones (excluding diaryl/α,β-unsaturated/α-hetero) is 1. The Labute approximate surface area is 210 Å². The third kappa shape index (κ3) is 4.46. The molecule has 0 bridgehead atoms. The van der Waals surface area contributed by atoms with Gasteiger partial charge in [-0.15, -0.1) is 0 Å². The normalized spacial score (nSPS) is 17.2. The van der Waals surface area contributed by atoms with Crippen LogP contribution in [0, 0.1) is 11.3 Å². The van der Waals surface area contributed by atoms with Crippen molar-refractivity contribution in [1.29, 1.82) is 5.26 Å². The number of pyridine rings is 1. The molecule has 0 saturated carbocycles. The van der Waals surface area contributed by atoms with Crippen LogP contribution in [-0.4, -0.2) is 28.4 Å². The molecule has 0 radical (unpaired) electrons. The van der Waals surface area contributed by atoms with Gasteiger partial charge in [0.15, 0.2) is 0 Å². The minimum atomic E-state index is -0.941. The fourth-order valence-corrected chi connectivity index (χ4v) is 4.31. The van der Waals surface area contributed by atoms with Gasteiger partial charge in [0.2, 0.25) is 0 Å². The molecule has 0 aliphatic carbocycles. The zero-order valence-corrected chi connectivity index (χ0v) is 20.6. The van der Waals surface area contributed by atoms with Crippen molar-refractivity contribution in [2.45, 2.75) is 39.2 Å². The van der Waals surface area contributed by atoms with E-state index in [1.165, 1.54) is 4.90 Å². The Bertz CT molecular complexity index is 1380. The topological polar surface area (TPSA) is 104 Å². The predicted molar refractivity (Wildman–Crippen MR) is 136 cm³/mol. The van der Waals surface area contributed by atoms with Gasteiger partial charge in [0, 0.05) is 23.0 Å². The highest BCUT2D eigenvalue weighted by molar-refractivity contribution is 6.51. The number of hydrogen-bond acceptors (Lipinski definition) is 6. The van der Waals surface area contributed by atoms with Crippen molar-refractivity contribution in [3.8, 4) is 11.8 Å². The van der Waals surface area contributed by atoms with Crippen LogP contribution < -0.4 is 9.64 Å². The summed E-state index contributed by atoms with van der Waals surface area (Å²) in [5, 5.41) is 20.6. The van der Waals surface area contributed by atoms with Gasteiger partial charge >= 0.3 is 0 Å². The molecule has 1 unspecified atom stereocenters. The molecule has 0 spiro atoms. The molecule has 2 heterocycles. The standard InChI is InChI=1S/C29H27N3O4/c1-5-36-23-14-11-19(16-21(23)29(2,3)4)26(33)24-25(22-8-6-7-15-31-22)32(28(35)27(24)34)20-12-9-18(17-30)10-13-20/h6-16,25,33H,5H2,1-4H3/b26-24-. The quantitative estimate of drug-likeness (QED) is 0.302. The fourth-order valence-electron chi connectivity index (χ4n) is 4.31. The first-order chi connectivity index (χ1) is 17.2. The van der Waals surface area contributed by atoms with Crippen LogP contribution in [0.25, 0.3) is 5.76 Å². The Kier molecular flexibility index (Phi) is 6.63. The highest BCUT2D eigenvalue weighted by Gasteiger charge is 2.47. The highest BCUT2D eigenvalue weighted by Crippen LogP contribution is 2.42. The van der Waals surface area contributed by atoms with Gasteiger partial charge in [-0.1, -0.05) is 26.8 Å². The number of nitriles is 1. The molecule has 7 nitrogen and oxygen atoms in total. The molecule has 1 amide bonds. The number of rotatable bonds is 5. The molecule has 7 heteroatoms. The molecule has 1 aliphatic heterocycles. The van der Waals surface area contributed by atoms with Crippen molar-refractivity contribution in [3.63, 3.8) is 0 Å². The van der Waals surface area contributed by atoms with Crippen molar-refractivity contribution in [1.82, 2.24) is 4.98 Å². The van der Waals surface area contributed by atoms with Gasteiger partial charge in [0.05, 0.1) is 29.5 Å². The Morgan fingerprint density at radius 2 is 1.83 bits per heavy atom. The van der Waals surface area contributed by atoms with Gasteiger partial charge in [-0.3, -0.25) is 19.5 Å². The van der Waals surface area contributed by atoms with Crippen molar-refractivity contribution in [3.05, 3.63) is 94.8 Å². The van der Waals surface area contributed by atoms with Crippen LogP contribution in [0.1, 0.15) is 56.1 Å². The maximum absolute atomic E-state index is 13.3. The monoisotopic (exact) mass is 481 g/mol. The molecule has 182 valence electrons. The maximum atomic E-state index is 13.3. The number of aromatic nitrogens is 1. The van der Waals surface area contributed by atoms with Crippen LogP contribution in [-0.2, 0) is 15.0 Å². The minimum absolute atomic E-state index is 0.0490. The van der Waals surface area contributed by atoms with Crippen LogP contribution in [0.15, 0.2) is 72.4 Å². The molecule has 1 aromatic heterocycles. The summed E-state index contributed by atoms with van der Waals surface area (Å²) >= 11 is 0. The lowest BCUT2D eigenvalue weighted by Gasteiger charge is -2.25. The first kappa shape index (κ1) is 24.7. The van der Waals surface area contributed by atoms with Gasteiger partial charge in [-0.2, -0.15) is 5.26 Å². The molecule has 3 aromatic rings. The van der Waals surface area contributed by atoms with Crippen LogP contribution in [0.5, 0.6) is 5.75 Å². The minimum Gasteiger partial charge on any atom is -0.507 e. The number of ether oxygens (including phenoxy) is 1. The Morgan fingerprint density at radius 1 is 1.11 bits per heavy atom. The molecule has 1 aliphatic rings. The number of nitrogens with zero attached hydrogens (tertiary/aromatic N) is 3. The summed E-state index contributed by atoms with van der Waals surface area (Å²) in [5.41, 5.74) is 2.21. The predicted octanol–water partition coefficient (Wildman–Crippen LogP) is 5.28. The third-order valence-electron chi connectivity index (χ3n) is 6.05. The summed E-state index contributed by atoms with van der Waals surface area (Å²) in [6.07, 6.45) is 1.57. The molecule has 1 fully saturated rings. The summed E-state index contributed by atoms with van der Waals surface area (Å²) < 4.78 is 5.79. The first-order valence-corrected chi connectivity index (χ1v) is 11.7. The summed E-state index contributed by atoms with van der Waals surface area (Å²) in [4.78, 5) is 32.3. The van der Waals surface area contributed by atoms with Gasteiger partial charge in [-0.05, 0) is 66.9 Å². The highest BCUT2D eigenvalue weighted by atomic mass is 16.5. The average molecular weight is 482 g/mol. The van der Waals surface area contributed by atoms with Crippen molar-refractivity contribution >= 4 is 23.1 Å². The van der Waals surface area contributed by atoms with E-state index < -0.39 is 17.7 Å². The van der Waals surface area contributed by atoms with E-state index in [0.717, 1.165) is 5.56 Å². The van der Waals surface area contributed by atoms with E-state index in [2.05, 4.69) is 4.98 Å². The van der Waals surface area contributed by atoms with Gasteiger partial charge in [0.25, 0.3) is 11.7 Å². The SMILES string of the molecule is CCOc1ccc(/C(O)=C2/C(=O)C(=O)N(c3ccc(C#N)cc3)C2c2ccccn2)cc1C(C)(C)C. The number of aliphatic hydroxyl groups excluding tert-OH is 1. The zero-order chi connectivity index (χ0) is 26.0. The summed E-state index contributed by atoms with van der Waals surface area (Å²) in [6, 6.07) is 17.9. The van der Waals surface area contributed by atoms with E-state index >= 15 is 0 Å². The number of ketones is 1. The lowest BCUT2D eigenvalue weighted by atomic mass is 9.84. The van der Waals surface area contributed by atoms with Crippen molar-refractivity contribution in [2.24, 2.45) is 0 Å². The summed E-state index contributed by atoms with van der Waals surface area (Å²) in [6.45, 7) is 8.49. The molecule has 1 atom stereocenters. The Balaban J connectivity index is 1.92. The van der Waals surface area contributed by atoms with E-state index in [-0.39, 0.29) is 16.7 Å². The smallest absolute Gasteiger partial charge is 0.300 e. The Hall–Kier alpha value is -4.44. The number of amides is 1. The number of carbonyl (C=O) groups excluding carboxylic acids is 2. The molecule has 1 saturated heterocycles. The molecule has 36 heavy (non-hydrogen) atoms. The second-order valence-electron chi connectivity index (χ2n) is 9.48. The van der Waals surface area contributed by atoms with E-state index in [1.807, 2.05) is 33.8 Å². The number of carbonyl (C=O) groups is 2. The van der Waals surface area contributed by atoms with Gasteiger partial charge < -0.3 is 9.84 Å². The van der Waals surface area contributed by atoms with E-state index in [4.69, 9.17) is 10.00 Å². The molecular formula is C29H27N3O4. The number of benzene rings is 2. The van der Waals surface area contributed by atoms with E-state index in [1.54, 1.807) is 66.9 Å². The van der Waals surface area contributed by atoms with Crippen LogP contribution in [0.4, 0.5) is 5.69 Å². The second-order valence-corrected chi connectivity index (χ2v) is 9.48. The maximum Gasteiger partial charge on any atom is 0.300 e. The summed E-state index contributed by atoms with van der Waals surface area (Å²) in [5.74, 6) is -1.17. The summed E-state index contributed by atoms with van der Waals surface area (Å²) in [7, 11) is 0. The largest absolute Gasteiger partial charge is 0.507 e. The zero-order valence-electron chi connectivity index (χ0n) is 20.6. The molecule has 1 N–H and O–H groups in total. The van der Waals surface area contributed by atoms with Crippen LogP contribution in [0.2, 0.25) is 0 Å². The van der Waals surface area contributed by atoms with Crippen LogP contribution in [0.3, 0.4) is 0 Å². The van der Waals surface area contributed by atoms with Crippen molar-refractivity contribution in [2.75, 3.05) is 11.5 Å².